The number of aryl methyl sites for hydroxylation is 1. The van der Waals surface area contributed by atoms with Crippen LogP contribution < -0.4 is 5.32 Å². The van der Waals surface area contributed by atoms with Gasteiger partial charge in [-0.2, -0.15) is 0 Å². The number of hydrogen-bond acceptors (Lipinski definition) is 2. The molecule has 1 fully saturated rings. The summed E-state index contributed by atoms with van der Waals surface area (Å²) in [4.78, 5) is 14.7. The zero-order chi connectivity index (χ0) is 16.9. The molecule has 0 unspecified atom stereocenters. The fourth-order valence-electron chi connectivity index (χ4n) is 3.22. The summed E-state index contributed by atoms with van der Waals surface area (Å²) in [6.07, 6.45) is 1.62. The van der Waals surface area contributed by atoms with Gasteiger partial charge in [0.15, 0.2) is 0 Å². The zero-order valence-electron chi connectivity index (χ0n) is 14.0. The molecule has 2 aromatic carbocycles. The van der Waals surface area contributed by atoms with E-state index < -0.39 is 0 Å². The maximum Gasteiger partial charge on any atom is 0.227 e. The number of piperidine rings is 1. The van der Waals surface area contributed by atoms with Crippen molar-refractivity contribution in [1.29, 1.82) is 0 Å². The molecule has 0 bridgehead atoms. The van der Waals surface area contributed by atoms with Crippen LogP contribution in [0.4, 0.5) is 10.1 Å². The van der Waals surface area contributed by atoms with Gasteiger partial charge in [0.2, 0.25) is 5.91 Å². The van der Waals surface area contributed by atoms with E-state index in [2.05, 4.69) is 41.4 Å². The summed E-state index contributed by atoms with van der Waals surface area (Å²) < 4.78 is 13.6. The Balaban J connectivity index is 1.51. The highest BCUT2D eigenvalue weighted by atomic mass is 19.1. The van der Waals surface area contributed by atoms with Gasteiger partial charge in [0.05, 0.1) is 5.69 Å². The summed E-state index contributed by atoms with van der Waals surface area (Å²) in [5.74, 6) is -0.503. The molecule has 1 saturated heterocycles. The first kappa shape index (κ1) is 16.7. The van der Waals surface area contributed by atoms with E-state index in [1.807, 2.05) is 0 Å². The van der Waals surface area contributed by atoms with Crippen molar-refractivity contribution in [3.05, 3.63) is 65.5 Å². The standard InChI is InChI=1S/C20H23FN2O/c1-15-5-4-6-16(13-15)14-23-11-9-17(10-12-23)20(24)22-19-8-3-2-7-18(19)21/h2-8,13,17H,9-12,14H2,1H3,(H,22,24). The van der Waals surface area contributed by atoms with Crippen LogP contribution in [-0.2, 0) is 11.3 Å². The molecular weight excluding hydrogens is 303 g/mol. The number of anilines is 1. The second kappa shape index (κ2) is 7.58. The number of likely N-dealkylation sites (tertiary alicyclic amines) is 1. The molecule has 0 radical (unpaired) electrons. The fourth-order valence-corrected chi connectivity index (χ4v) is 3.22. The predicted molar refractivity (Wildman–Crippen MR) is 94.2 cm³/mol. The molecule has 0 aliphatic carbocycles. The largest absolute Gasteiger partial charge is 0.323 e. The molecule has 1 aliphatic heterocycles. The molecule has 3 rings (SSSR count). The fraction of sp³-hybridized carbons (Fsp3) is 0.350. The topological polar surface area (TPSA) is 32.3 Å². The van der Waals surface area contributed by atoms with Crippen LogP contribution in [0.1, 0.15) is 24.0 Å². The van der Waals surface area contributed by atoms with Crippen molar-refractivity contribution in [2.24, 2.45) is 5.92 Å². The van der Waals surface area contributed by atoms with Crippen LogP contribution in [0.3, 0.4) is 0 Å². The third-order valence-electron chi connectivity index (χ3n) is 4.58. The van der Waals surface area contributed by atoms with Crippen molar-refractivity contribution >= 4 is 11.6 Å². The van der Waals surface area contributed by atoms with Gasteiger partial charge in [-0.05, 0) is 50.6 Å². The van der Waals surface area contributed by atoms with E-state index in [-0.39, 0.29) is 23.3 Å². The molecule has 1 N–H and O–H groups in total. The molecule has 1 aliphatic rings. The van der Waals surface area contributed by atoms with E-state index in [1.54, 1.807) is 18.2 Å². The van der Waals surface area contributed by atoms with Gasteiger partial charge in [-0.3, -0.25) is 9.69 Å². The highest BCUT2D eigenvalue weighted by Gasteiger charge is 2.25. The molecule has 2 aromatic rings. The molecular formula is C20H23FN2O. The van der Waals surface area contributed by atoms with Crippen LogP contribution in [0, 0.1) is 18.7 Å². The third-order valence-corrected chi connectivity index (χ3v) is 4.58. The Morgan fingerprint density at radius 2 is 1.92 bits per heavy atom. The average molecular weight is 326 g/mol. The van der Waals surface area contributed by atoms with Gasteiger partial charge in [0, 0.05) is 12.5 Å². The smallest absolute Gasteiger partial charge is 0.227 e. The lowest BCUT2D eigenvalue weighted by atomic mass is 9.95. The summed E-state index contributed by atoms with van der Waals surface area (Å²) in [5.41, 5.74) is 2.85. The highest BCUT2D eigenvalue weighted by molar-refractivity contribution is 5.92. The number of para-hydroxylation sites is 1. The average Bonchev–Trinajstić information content (AvgIpc) is 2.57. The Morgan fingerprint density at radius 1 is 1.17 bits per heavy atom. The molecule has 0 atom stereocenters. The predicted octanol–water partition coefficient (Wildman–Crippen LogP) is 3.98. The lowest BCUT2D eigenvalue weighted by molar-refractivity contribution is -0.121. The van der Waals surface area contributed by atoms with Gasteiger partial charge >= 0.3 is 0 Å². The number of carbonyl (C=O) groups excluding carboxylic acids is 1. The molecule has 4 heteroatoms. The molecule has 126 valence electrons. The Labute approximate surface area is 142 Å². The molecule has 24 heavy (non-hydrogen) atoms. The summed E-state index contributed by atoms with van der Waals surface area (Å²) in [6.45, 7) is 4.80. The lowest BCUT2D eigenvalue weighted by Crippen LogP contribution is -2.37. The van der Waals surface area contributed by atoms with Crippen LogP contribution in [0.2, 0.25) is 0 Å². The summed E-state index contributed by atoms with van der Waals surface area (Å²) in [7, 11) is 0. The Bertz CT molecular complexity index is 708. The van der Waals surface area contributed by atoms with Crippen LogP contribution in [0.5, 0.6) is 0 Å². The van der Waals surface area contributed by atoms with Gasteiger partial charge in [0.1, 0.15) is 5.82 Å². The minimum absolute atomic E-state index is 0.0432. The zero-order valence-corrected chi connectivity index (χ0v) is 14.0. The minimum Gasteiger partial charge on any atom is -0.323 e. The normalized spacial score (nSPS) is 16.1. The molecule has 0 saturated carbocycles. The number of halogens is 1. The van der Waals surface area contributed by atoms with Gasteiger partial charge in [-0.25, -0.2) is 4.39 Å². The molecule has 3 nitrogen and oxygen atoms in total. The summed E-state index contributed by atoms with van der Waals surface area (Å²) in [6, 6.07) is 14.8. The quantitative estimate of drug-likeness (QED) is 0.921. The van der Waals surface area contributed by atoms with Crippen LogP contribution >= 0.6 is 0 Å². The third kappa shape index (κ3) is 4.20. The first-order chi connectivity index (χ1) is 11.6. The van der Waals surface area contributed by atoms with E-state index >= 15 is 0 Å². The second-order valence-electron chi connectivity index (χ2n) is 6.51. The van der Waals surface area contributed by atoms with Crippen LogP contribution in [-0.4, -0.2) is 23.9 Å². The lowest BCUT2D eigenvalue weighted by Gasteiger charge is -2.31. The summed E-state index contributed by atoms with van der Waals surface area (Å²) in [5, 5.41) is 2.72. The second-order valence-corrected chi connectivity index (χ2v) is 6.51. The van der Waals surface area contributed by atoms with E-state index in [1.165, 1.54) is 17.2 Å². The van der Waals surface area contributed by atoms with E-state index in [9.17, 15) is 9.18 Å². The van der Waals surface area contributed by atoms with Crippen molar-refractivity contribution < 1.29 is 9.18 Å². The number of carbonyl (C=O) groups is 1. The van der Waals surface area contributed by atoms with Crippen LogP contribution in [0.15, 0.2) is 48.5 Å². The number of nitrogens with one attached hydrogen (secondary N) is 1. The summed E-state index contributed by atoms with van der Waals surface area (Å²) >= 11 is 0. The van der Waals surface area contributed by atoms with Crippen molar-refractivity contribution in [3.8, 4) is 0 Å². The van der Waals surface area contributed by atoms with E-state index in [0.29, 0.717) is 0 Å². The van der Waals surface area contributed by atoms with Crippen molar-refractivity contribution in [1.82, 2.24) is 4.90 Å². The van der Waals surface area contributed by atoms with Gasteiger partial charge < -0.3 is 5.32 Å². The van der Waals surface area contributed by atoms with Crippen molar-refractivity contribution in [2.45, 2.75) is 26.3 Å². The van der Waals surface area contributed by atoms with E-state index in [0.717, 1.165) is 32.5 Å². The Morgan fingerprint density at radius 3 is 2.62 bits per heavy atom. The first-order valence-corrected chi connectivity index (χ1v) is 8.45. The van der Waals surface area contributed by atoms with E-state index in [4.69, 9.17) is 0 Å². The van der Waals surface area contributed by atoms with Crippen LogP contribution in [0.25, 0.3) is 0 Å². The number of amides is 1. The molecule has 0 aromatic heterocycles. The number of benzene rings is 2. The van der Waals surface area contributed by atoms with Gasteiger partial charge in [-0.15, -0.1) is 0 Å². The molecule has 1 heterocycles. The Hall–Kier alpha value is -2.20. The minimum atomic E-state index is -0.386. The number of hydrogen-bond donors (Lipinski definition) is 1. The monoisotopic (exact) mass is 326 g/mol. The van der Waals surface area contributed by atoms with Gasteiger partial charge in [-0.1, -0.05) is 42.0 Å². The van der Waals surface area contributed by atoms with Gasteiger partial charge in [0.25, 0.3) is 0 Å². The first-order valence-electron chi connectivity index (χ1n) is 8.45. The van der Waals surface area contributed by atoms with Crippen molar-refractivity contribution in [2.75, 3.05) is 18.4 Å². The maximum absolute atomic E-state index is 13.6. The highest BCUT2D eigenvalue weighted by Crippen LogP contribution is 2.22. The van der Waals surface area contributed by atoms with Crippen molar-refractivity contribution in [3.63, 3.8) is 0 Å². The molecule has 1 amide bonds. The SMILES string of the molecule is Cc1cccc(CN2CCC(C(=O)Nc3ccccc3F)CC2)c1. The number of nitrogens with zero attached hydrogens (tertiary/aromatic N) is 1. The molecule has 0 spiro atoms. The Kier molecular flexibility index (Phi) is 5.26. The number of rotatable bonds is 4. The maximum atomic E-state index is 13.6.